The second-order valence-electron chi connectivity index (χ2n) is 3.20. The molecule has 0 aliphatic heterocycles. The zero-order valence-corrected chi connectivity index (χ0v) is 13.4. The number of rotatable bonds is 2. The minimum Gasteiger partial charge on any atom is -0.146 e. The van der Waals surface area contributed by atoms with E-state index in [4.69, 9.17) is 23.2 Å². The maximum absolute atomic E-state index is 6.42. The monoisotopic (exact) mass is 398 g/mol. The van der Waals surface area contributed by atoms with Gasteiger partial charge in [-0.25, -0.2) is 0 Å². The van der Waals surface area contributed by atoms with Crippen LogP contribution in [0.3, 0.4) is 0 Å². The average Bonchev–Trinajstić information content (AvgIpc) is 2.62. The Morgan fingerprint density at radius 2 is 1.94 bits per heavy atom. The number of halogens is 4. The molecule has 0 nitrogen and oxygen atoms in total. The predicted molar refractivity (Wildman–Crippen MR) is 78.9 cm³/mol. The van der Waals surface area contributed by atoms with Crippen molar-refractivity contribution in [2.24, 2.45) is 0 Å². The fraction of sp³-hybridized carbons (Fsp3) is 0.0909. The quantitative estimate of drug-likeness (QED) is 0.522. The first-order valence-corrected chi connectivity index (χ1v) is 7.69. The van der Waals surface area contributed by atoms with Crippen molar-refractivity contribution >= 4 is 66.4 Å². The highest BCUT2D eigenvalue weighted by Crippen LogP contribution is 2.39. The van der Waals surface area contributed by atoms with Crippen LogP contribution in [-0.2, 0) is 0 Å². The summed E-state index contributed by atoms with van der Waals surface area (Å²) >= 11 is 20.9. The third-order valence-corrected chi connectivity index (χ3v) is 5.26. The summed E-state index contributed by atoms with van der Waals surface area (Å²) in [6.07, 6.45) is 0. The van der Waals surface area contributed by atoms with Gasteiger partial charge in [-0.05, 0) is 51.1 Å². The molecule has 0 N–H and O–H groups in total. The third-order valence-electron chi connectivity index (χ3n) is 2.05. The van der Waals surface area contributed by atoms with Gasteiger partial charge in [-0.15, -0.1) is 22.9 Å². The van der Waals surface area contributed by atoms with E-state index in [1.807, 2.05) is 29.6 Å². The lowest BCUT2D eigenvalue weighted by atomic mass is 10.1. The topological polar surface area (TPSA) is 0 Å². The Kier molecular flexibility index (Phi) is 4.36. The predicted octanol–water partition coefficient (Wildman–Crippen LogP) is 6.25. The van der Waals surface area contributed by atoms with E-state index < -0.39 is 0 Å². The Morgan fingerprint density at radius 1 is 1.19 bits per heavy atom. The van der Waals surface area contributed by atoms with Crippen molar-refractivity contribution in [3.05, 3.63) is 54.1 Å². The molecule has 0 saturated heterocycles. The molecule has 16 heavy (non-hydrogen) atoms. The molecule has 1 aromatic carbocycles. The Balaban J connectivity index is 2.41. The minimum atomic E-state index is -0.177. The van der Waals surface area contributed by atoms with Crippen LogP contribution in [0, 0.1) is 0 Å². The van der Waals surface area contributed by atoms with Gasteiger partial charge < -0.3 is 0 Å². The van der Waals surface area contributed by atoms with E-state index in [1.54, 1.807) is 11.3 Å². The van der Waals surface area contributed by atoms with Gasteiger partial charge in [0.25, 0.3) is 0 Å². The van der Waals surface area contributed by atoms with Crippen LogP contribution in [0.25, 0.3) is 0 Å². The van der Waals surface area contributed by atoms with Crippen LogP contribution in [-0.4, -0.2) is 0 Å². The summed E-state index contributed by atoms with van der Waals surface area (Å²) < 4.78 is 1.97. The van der Waals surface area contributed by atoms with Crippen molar-refractivity contribution in [2.45, 2.75) is 5.38 Å². The molecule has 5 heteroatoms. The number of hydrogen-bond acceptors (Lipinski definition) is 1. The summed E-state index contributed by atoms with van der Waals surface area (Å²) in [6.45, 7) is 0. The molecule has 0 aliphatic rings. The molecule has 0 radical (unpaired) electrons. The van der Waals surface area contributed by atoms with Crippen molar-refractivity contribution in [3.63, 3.8) is 0 Å². The minimum absolute atomic E-state index is 0.177. The van der Waals surface area contributed by atoms with Gasteiger partial charge >= 0.3 is 0 Å². The van der Waals surface area contributed by atoms with Gasteiger partial charge in [-0.1, -0.05) is 27.5 Å². The Labute approximate surface area is 125 Å². The Hall–Kier alpha value is 0.460. The Bertz CT molecular complexity index is 490. The molecule has 2 aromatic rings. The van der Waals surface area contributed by atoms with Crippen LogP contribution in [0.1, 0.15) is 15.8 Å². The number of alkyl halides is 1. The molecular weight excluding hydrogens is 395 g/mol. The normalized spacial score (nSPS) is 12.8. The van der Waals surface area contributed by atoms with Crippen molar-refractivity contribution in [3.8, 4) is 0 Å². The molecule has 0 saturated carbocycles. The molecular formula is C11H6Br2Cl2S. The second-order valence-corrected chi connectivity index (χ2v) is 6.79. The lowest BCUT2D eigenvalue weighted by molar-refractivity contribution is 1.17. The summed E-state index contributed by atoms with van der Waals surface area (Å²) in [5.41, 5.74) is 0.990. The molecule has 1 aromatic heterocycles. The van der Waals surface area contributed by atoms with Gasteiger partial charge in [-0.2, -0.15) is 0 Å². The van der Waals surface area contributed by atoms with E-state index in [9.17, 15) is 0 Å². The highest BCUT2D eigenvalue weighted by atomic mass is 79.9. The lowest BCUT2D eigenvalue weighted by Gasteiger charge is -2.09. The van der Waals surface area contributed by atoms with E-state index in [1.165, 1.54) is 0 Å². The van der Waals surface area contributed by atoms with Gasteiger partial charge in [0.1, 0.15) is 0 Å². The highest BCUT2D eigenvalue weighted by Gasteiger charge is 2.16. The SMILES string of the molecule is Clc1cc(Br)cc(C(Cl)c2sccc2Br)c1. The number of hydrogen-bond donors (Lipinski definition) is 0. The first-order valence-electron chi connectivity index (χ1n) is 4.41. The van der Waals surface area contributed by atoms with Crippen molar-refractivity contribution in [1.29, 1.82) is 0 Å². The first-order chi connectivity index (χ1) is 7.58. The molecule has 0 spiro atoms. The van der Waals surface area contributed by atoms with Crippen LogP contribution >= 0.6 is 66.4 Å². The first kappa shape index (κ1) is 12.9. The summed E-state index contributed by atoms with van der Waals surface area (Å²) in [5, 5.41) is 2.51. The summed E-state index contributed by atoms with van der Waals surface area (Å²) in [4.78, 5) is 1.09. The van der Waals surface area contributed by atoms with Gasteiger partial charge in [-0.3, -0.25) is 0 Å². The average molecular weight is 401 g/mol. The number of thiophene rings is 1. The van der Waals surface area contributed by atoms with Crippen molar-refractivity contribution in [1.82, 2.24) is 0 Å². The maximum atomic E-state index is 6.42. The molecule has 1 atom stereocenters. The van der Waals surface area contributed by atoms with Crippen molar-refractivity contribution < 1.29 is 0 Å². The maximum Gasteiger partial charge on any atom is 0.0940 e. The van der Waals surface area contributed by atoms with E-state index in [0.717, 1.165) is 19.4 Å². The molecule has 0 bridgehead atoms. The summed E-state index contributed by atoms with van der Waals surface area (Å²) in [5.74, 6) is 0. The molecule has 0 amide bonds. The van der Waals surface area contributed by atoms with Gasteiger partial charge in [0, 0.05) is 18.8 Å². The van der Waals surface area contributed by atoms with E-state index in [-0.39, 0.29) is 5.38 Å². The van der Waals surface area contributed by atoms with Crippen LogP contribution in [0.2, 0.25) is 5.02 Å². The van der Waals surface area contributed by atoms with Crippen LogP contribution in [0.4, 0.5) is 0 Å². The van der Waals surface area contributed by atoms with Gasteiger partial charge in [0.15, 0.2) is 0 Å². The van der Waals surface area contributed by atoms with E-state index in [2.05, 4.69) is 31.9 Å². The van der Waals surface area contributed by atoms with E-state index >= 15 is 0 Å². The zero-order chi connectivity index (χ0) is 11.7. The molecule has 1 unspecified atom stereocenters. The van der Waals surface area contributed by atoms with Crippen molar-refractivity contribution in [2.75, 3.05) is 0 Å². The lowest BCUT2D eigenvalue weighted by Crippen LogP contribution is -1.91. The fourth-order valence-electron chi connectivity index (χ4n) is 1.36. The van der Waals surface area contributed by atoms with Crippen LogP contribution < -0.4 is 0 Å². The van der Waals surface area contributed by atoms with E-state index in [0.29, 0.717) is 5.02 Å². The van der Waals surface area contributed by atoms with Gasteiger partial charge in [0.05, 0.1) is 5.38 Å². The molecule has 1 heterocycles. The standard InChI is InChI=1S/C11H6Br2Cl2S/c12-7-3-6(4-8(14)5-7)10(15)11-9(13)1-2-16-11/h1-5,10H. The second kappa shape index (κ2) is 5.40. The molecule has 84 valence electrons. The Morgan fingerprint density at radius 3 is 2.50 bits per heavy atom. The highest BCUT2D eigenvalue weighted by molar-refractivity contribution is 9.10. The third kappa shape index (κ3) is 2.82. The fourth-order valence-corrected chi connectivity index (χ4v) is 4.38. The molecule has 0 aliphatic carbocycles. The molecule has 0 fully saturated rings. The zero-order valence-electron chi connectivity index (χ0n) is 7.88. The van der Waals surface area contributed by atoms with Gasteiger partial charge in [0.2, 0.25) is 0 Å². The van der Waals surface area contributed by atoms with Crippen LogP contribution in [0.15, 0.2) is 38.6 Å². The van der Waals surface area contributed by atoms with Crippen LogP contribution in [0.5, 0.6) is 0 Å². The summed E-state index contributed by atoms with van der Waals surface area (Å²) in [7, 11) is 0. The number of benzene rings is 1. The summed E-state index contributed by atoms with van der Waals surface area (Å²) in [6, 6.07) is 7.71. The largest absolute Gasteiger partial charge is 0.146 e. The smallest absolute Gasteiger partial charge is 0.0940 e. The molecule has 2 rings (SSSR count).